The normalized spacial score (nSPS) is 11.0. The van der Waals surface area contributed by atoms with E-state index < -0.39 is 17.6 Å². The predicted octanol–water partition coefficient (Wildman–Crippen LogP) is 4.77. The second-order valence-electron chi connectivity index (χ2n) is 4.45. The fraction of sp³-hybridized carbons (Fsp3) is 0.133. The fourth-order valence-electron chi connectivity index (χ4n) is 1.83. The van der Waals surface area contributed by atoms with Crippen LogP contribution in [0.15, 0.2) is 36.4 Å². The summed E-state index contributed by atoms with van der Waals surface area (Å²) in [6.45, 7) is 1.65. The SMILES string of the molecule is Cc1cc(F)ccc1Nc1ccc(C(F)(F)F)cc1C#N. The Kier molecular flexibility index (Phi) is 3.85. The van der Waals surface area contributed by atoms with Crippen LogP contribution >= 0.6 is 0 Å². The first-order valence-corrected chi connectivity index (χ1v) is 5.96. The highest BCUT2D eigenvalue weighted by Crippen LogP contribution is 2.32. The molecule has 0 aliphatic rings. The zero-order valence-corrected chi connectivity index (χ0v) is 10.9. The van der Waals surface area contributed by atoms with E-state index in [0.29, 0.717) is 11.3 Å². The van der Waals surface area contributed by atoms with Crippen molar-refractivity contribution in [3.63, 3.8) is 0 Å². The molecule has 0 saturated heterocycles. The largest absolute Gasteiger partial charge is 0.416 e. The number of halogens is 4. The molecule has 0 amide bonds. The van der Waals surface area contributed by atoms with E-state index in [9.17, 15) is 17.6 Å². The maximum atomic E-state index is 13.0. The summed E-state index contributed by atoms with van der Waals surface area (Å²) in [7, 11) is 0. The Labute approximate surface area is 118 Å². The average molecular weight is 294 g/mol. The minimum Gasteiger partial charge on any atom is -0.354 e. The molecule has 6 heteroatoms. The zero-order valence-electron chi connectivity index (χ0n) is 10.9. The number of aryl methyl sites for hydroxylation is 1. The third-order valence-corrected chi connectivity index (χ3v) is 2.93. The molecular formula is C15H10F4N2. The van der Waals surface area contributed by atoms with Crippen molar-refractivity contribution in [1.82, 2.24) is 0 Å². The monoisotopic (exact) mass is 294 g/mol. The van der Waals surface area contributed by atoms with Crippen LogP contribution in [0.3, 0.4) is 0 Å². The van der Waals surface area contributed by atoms with E-state index in [2.05, 4.69) is 5.32 Å². The lowest BCUT2D eigenvalue weighted by atomic mass is 10.1. The molecule has 2 aromatic rings. The van der Waals surface area contributed by atoms with E-state index in [-0.39, 0.29) is 11.3 Å². The zero-order chi connectivity index (χ0) is 15.6. The van der Waals surface area contributed by atoms with Gasteiger partial charge in [-0.25, -0.2) is 4.39 Å². The van der Waals surface area contributed by atoms with Gasteiger partial charge in [0, 0.05) is 5.69 Å². The second kappa shape index (κ2) is 5.44. The Balaban J connectivity index is 2.39. The minimum absolute atomic E-state index is 0.131. The summed E-state index contributed by atoms with van der Waals surface area (Å²) in [6, 6.07) is 8.56. The number of nitrogens with one attached hydrogen (secondary N) is 1. The van der Waals surface area contributed by atoms with Crippen LogP contribution in [0.25, 0.3) is 0 Å². The van der Waals surface area contributed by atoms with E-state index in [0.717, 1.165) is 12.1 Å². The van der Waals surface area contributed by atoms with Crippen LogP contribution in [0.2, 0.25) is 0 Å². The number of alkyl halides is 3. The summed E-state index contributed by atoms with van der Waals surface area (Å²) in [6.07, 6.45) is -4.50. The van der Waals surface area contributed by atoms with Gasteiger partial charge in [-0.3, -0.25) is 0 Å². The van der Waals surface area contributed by atoms with Gasteiger partial charge < -0.3 is 5.32 Å². The van der Waals surface area contributed by atoms with Crippen molar-refractivity contribution in [3.05, 3.63) is 58.9 Å². The van der Waals surface area contributed by atoms with E-state index in [1.807, 2.05) is 0 Å². The summed E-state index contributed by atoms with van der Waals surface area (Å²) in [5.74, 6) is -0.411. The second-order valence-corrected chi connectivity index (χ2v) is 4.45. The van der Waals surface area contributed by atoms with Crippen molar-refractivity contribution < 1.29 is 17.6 Å². The van der Waals surface area contributed by atoms with Crippen LogP contribution in [-0.2, 0) is 6.18 Å². The number of benzene rings is 2. The van der Waals surface area contributed by atoms with Gasteiger partial charge in [-0.05, 0) is 48.9 Å². The van der Waals surface area contributed by atoms with Gasteiger partial charge >= 0.3 is 6.18 Å². The summed E-state index contributed by atoms with van der Waals surface area (Å²) in [5, 5.41) is 11.8. The van der Waals surface area contributed by atoms with Crippen molar-refractivity contribution in [3.8, 4) is 6.07 Å². The van der Waals surface area contributed by atoms with Crippen molar-refractivity contribution in [2.75, 3.05) is 5.32 Å². The van der Waals surface area contributed by atoms with E-state index >= 15 is 0 Å². The van der Waals surface area contributed by atoms with Crippen LogP contribution in [-0.4, -0.2) is 0 Å². The lowest BCUT2D eigenvalue weighted by Crippen LogP contribution is -2.06. The quantitative estimate of drug-likeness (QED) is 0.810. The van der Waals surface area contributed by atoms with Crippen LogP contribution in [0.5, 0.6) is 0 Å². The highest BCUT2D eigenvalue weighted by molar-refractivity contribution is 5.69. The average Bonchev–Trinajstić information content (AvgIpc) is 2.41. The summed E-state index contributed by atoms with van der Waals surface area (Å²) >= 11 is 0. The first-order valence-electron chi connectivity index (χ1n) is 5.96. The third-order valence-electron chi connectivity index (χ3n) is 2.93. The Morgan fingerprint density at radius 2 is 1.71 bits per heavy atom. The molecule has 21 heavy (non-hydrogen) atoms. The van der Waals surface area contributed by atoms with Gasteiger partial charge in [0.1, 0.15) is 11.9 Å². The number of hydrogen-bond acceptors (Lipinski definition) is 2. The molecule has 0 unspecified atom stereocenters. The topological polar surface area (TPSA) is 35.8 Å². The Bertz CT molecular complexity index is 715. The van der Waals surface area contributed by atoms with Gasteiger partial charge in [-0.1, -0.05) is 0 Å². The first-order chi connectivity index (χ1) is 9.81. The fourth-order valence-corrected chi connectivity index (χ4v) is 1.83. The molecule has 0 fully saturated rings. The van der Waals surface area contributed by atoms with Gasteiger partial charge in [0.25, 0.3) is 0 Å². The van der Waals surface area contributed by atoms with Crippen LogP contribution in [0, 0.1) is 24.1 Å². The number of hydrogen-bond donors (Lipinski definition) is 1. The Hall–Kier alpha value is -2.55. The maximum absolute atomic E-state index is 13.0. The van der Waals surface area contributed by atoms with Gasteiger partial charge in [0.05, 0.1) is 16.8 Å². The standard InChI is InChI=1S/C15H10F4N2/c1-9-6-12(16)3-5-13(9)21-14-4-2-11(15(17,18)19)7-10(14)8-20/h2-7,21H,1H3. The first kappa shape index (κ1) is 14.9. The van der Waals surface area contributed by atoms with E-state index in [1.165, 1.54) is 24.3 Å². The number of nitrogens with zero attached hydrogens (tertiary/aromatic N) is 1. The molecule has 0 radical (unpaired) electrons. The smallest absolute Gasteiger partial charge is 0.354 e. The molecule has 0 heterocycles. The van der Waals surface area contributed by atoms with Crippen LogP contribution in [0.4, 0.5) is 28.9 Å². The minimum atomic E-state index is -4.50. The Morgan fingerprint density at radius 1 is 1.05 bits per heavy atom. The van der Waals surface area contributed by atoms with E-state index in [4.69, 9.17) is 5.26 Å². The maximum Gasteiger partial charge on any atom is 0.416 e. The molecule has 0 aromatic heterocycles. The molecule has 0 aliphatic heterocycles. The molecule has 2 rings (SSSR count). The van der Waals surface area contributed by atoms with Crippen molar-refractivity contribution in [1.29, 1.82) is 5.26 Å². The van der Waals surface area contributed by atoms with Crippen molar-refractivity contribution >= 4 is 11.4 Å². The lowest BCUT2D eigenvalue weighted by Gasteiger charge is -2.13. The molecule has 2 aromatic carbocycles. The highest BCUT2D eigenvalue weighted by atomic mass is 19.4. The number of nitriles is 1. The molecule has 0 aliphatic carbocycles. The van der Waals surface area contributed by atoms with E-state index in [1.54, 1.807) is 13.0 Å². The summed E-state index contributed by atoms with van der Waals surface area (Å²) in [4.78, 5) is 0. The van der Waals surface area contributed by atoms with Gasteiger partial charge in [0.15, 0.2) is 0 Å². The number of rotatable bonds is 2. The molecule has 108 valence electrons. The number of anilines is 2. The Morgan fingerprint density at radius 3 is 2.29 bits per heavy atom. The molecule has 0 saturated carbocycles. The van der Waals surface area contributed by atoms with Gasteiger partial charge in [0.2, 0.25) is 0 Å². The van der Waals surface area contributed by atoms with Crippen molar-refractivity contribution in [2.45, 2.75) is 13.1 Å². The lowest BCUT2D eigenvalue weighted by molar-refractivity contribution is -0.137. The van der Waals surface area contributed by atoms with Gasteiger partial charge in [-0.15, -0.1) is 0 Å². The molecule has 0 atom stereocenters. The molecule has 1 N–H and O–H groups in total. The summed E-state index contributed by atoms with van der Waals surface area (Å²) < 4.78 is 50.8. The molecular weight excluding hydrogens is 284 g/mol. The summed E-state index contributed by atoms with van der Waals surface area (Å²) in [5.41, 5.74) is 0.320. The third kappa shape index (κ3) is 3.31. The molecule has 0 bridgehead atoms. The van der Waals surface area contributed by atoms with Crippen LogP contribution < -0.4 is 5.32 Å². The highest BCUT2D eigenvalue weighted by Gasteiger charge is 2.31. The molecule has 0 spiro atoms. The predicted molar refractivity (Wildman–Crippen MR) is 70.6 cm³/mol. The molecule has 2 nitrogen and oxygen atoms in total. The van der Waals surface area contributed by atoms with Crippen LogP contribution in [0.1, 0.15) is 16.7 Å². The van der Waals surface area contributed by atoms with Crippen molar-refractivity contribution in [2.24, 2.45) is 0 Å². The van der Waals surface area contributed by atoms with Gasteiger partial charge in [-0.2, -0.15) is 18.4 Å².